The van der Waals surface area contributed by atoms with Crippen molar-refractivity contribution in [3.8, 4) is 11.5 Å². The first-order valence-electron chi connectivity index (χ1n) is 6.29. The van der Waals surface area contributed by atoms with Gasteiger partial charge in [-0.25, -0.2) is 0 Å². The molecule has 0 aromatic heterocycles. The Labute approximate surface area is 133 Å². The van der Waals surface area contributed by atoms with Gasteiger partial charge in [-0.05, 0) is 24.3 Å². The molecule has 6 heteroatoms. The number of anilines is 1. The van der Waals surface area contributed by atoms with E-state index in [0.29, 0.717) is 27.2 Å². The molecule has 0 fully saturated rings. The van der Waals surface area contributed by atoms with Crippen LogP contribution in [0.5, 0.6) is 11.5 Å². The minimum absolute atomic E-state index is 0.0440. The molecule has 0 aliphatic carbocycles. The van der Waals surface area contributed by atoms with Crippen LogP contribution in [0.1, 0.15) is 0 Å². The summed E-state index contributed by atoms with van der Waals surface area (Å²) in [7, 11) is 0. The number of nitrogen functional groups attached to an aromatic ring is 1. The molecule has 0 aliphatic heterocycles. The summed E-state index contributed by atoms with van der Waals surface area (Å²) in [6.07, 6.45) is -0.804. The van der Waals surface area contributed by atoms with Crippen LogP contribution in [0, 0.1) is 0 Å². The summed E-state index contributed by atoms with van der Waals surface area (Å²) >= 11 is 11.9. The Kier molecular flexibility index (Phi) is 5.56. The van der Waals surface area contributed by atoms with Crippen molar-refractivity contribution in [3.63, 3.8) is 0 Å². The summed E-state index contributed by atoms with van der Waals surface area (Å²) < 4.78 is 10.8. The van der Waals surface area contributed by atoms with Crippen LogP contribution in [0.3, 0.4) is 0 Å². The van der Waals surface area contributed by atoms with E-state index in [1.807, 2.05) is 0 Å². The number of rotatable bonds is 6. The first-order valence-corrected chi connectivity index (χ1v) is 7.05. The van der Waals surface area contributed by atoms with Gasteiger partial charge in [-0.15, -0.1) is 0 Å². The summed E-state index contributed by atoms with van der Waals surface area (Å²) in [4.78, 5) is 0. The van der Waals surface area contributed by atoms with Crippen molar-refractivity contribution in [3.05, 3.63) is 52.5 Å². The second-order valence-electron chi connectivity index (χ2n) is 4.40. The average molecular weight is 328 g/mol. The minimum Gasteiger partial charge on any atom is -0.491 e. The molecule has 2 aromatic rings. The fourth-order valence-electron chi connectivity index (χ4n) is 1.63. The van der Waals surface area contributed by atoms with Crippen LogP contribution >= 0.6 is 23.2 Å². The maximum Gasteiger partial charge on any atom is 0.139 e. The van der Waals surface area contributed by atoms with Gasteiger partial charge < -0.3 is 20.3 Å². The molecular formula is C15H15Cl2NO3. The summed E-state index contributed by atoms with van der Waals surface area (Å²) in [5.41, 5.74) is 6.24. The van der Waals surface area contributed by atoms with Gasteiger partial charge in [0.15, 0.2) is 0 Å². The van der Waals surface area contributed by atoms with Gasteiger partial charge in [0.05, 0.1) is 5.02 Å². The second kappa shape index (κ2) is 7.41. The standard InChI is InChI=1S/C15H15Cl2NO3/c16-13-5-2-6-14(15(13)17)21-9-11(19)8-20-12-4-1-3-10(18)7-12/h1-7,11,19H,8-9,18H2. The zero-order valence-electron chi connectivity index (χ0n) is 11.1. The fourth-order valence-corrected chi connectivity index (χ4v) is 1.97. The monoisotopic (exact) mass is 327 g/mol. The van der Waals surface area contributed by atoms with Gasteiger partial charge >= 0.3 is 0 Å². The van der Waals surface area contributed by atoms with Crippen molar-refractivity contribution in [2.24, 2.45) is 0 Å². The largest absolute Gasteiger partial charge is 0.491 e. The van der Waals surface area contributed by atoms with Gasteiger partial charge in [0.1, 0.15) is 35.8 Å². The number of benzene rings is 2. The lowest BCUT2D eigenvalue weighted by Gasteiger charge is -2.14. The molecule has 0 spiro atoms. The quantitative estimate of drug-likeness (QED) is 0.798. The van der Waals surface area contributed by atoms with Crippen LogP contribution in [0.25, 0.3) is 0 Å². The van der Waals surface area contributed by atoms with E-state index >= 15 is 0 Å². The van der Waals surface area contributed by atoms with E-state index in [2.05, 4.69) is 0 Å². The van der Waals surface area contributed by atoms with E-state index in [1.165, 1.54) is 0 Å². The Morgan fingerprint density at radius 1 is 1.05 bits per heavy atom. The van der Waals surface area contributed by atoms with Crippen LogP contribution in [-0.2, 0) is 0 Å². The lowest BCUT2D eigenvalue weighted by Crippen LogP contribution is -2.25. The van der Waals surface area contributed by atoms with E-state index in [-0.39, 0.29) is 13.2 Å². The predicted molar refractivity (Wildman–Crippen MR) is 84.3 cm³/mol. The summed E-state index contributed by atoms with van der Waals surface area (Å²) in [6.45, 7) is 0.129. The highest BCUT2D eigenvalue weighted by Crippen LogP contribution is 2.31. The molecule has 0 bridgehead atoms. The molecule has 2 aromatic carbocycles. The smallest absolute Gasteiger partial charge is 0.139 e. The topological polar surface area (TPSA) is 64.7 Å². The van der Waals surface area contributed by atoms with Crippen molar-refractivity contribution in [1.29, 1.82) is 0 Å². The van der Waals surface area contributed by atoms with Gasteiger partial charge in [0.2, 0.25) is 0 Å². The van der Waals surface area contributed by atoms with E-state index < -0.39 is 6.10 Å². The number of aliphatic hydroxyl groups excluding tert-OH is 1. The van der Waals surface area contributed by atoms with Crippen LogP contribution in [-0.4, -0.2) is 24.4 Å². The van der Waals surface area contributed by atoms with Crippen molar-refractivity contribution >= 4 is 28.9 Å². The molecule has 4 nitrogen and oxygen atoms in total. The van der Waals surface area contributed by atoms with Gasteiger partial charge in [0.25, 0.3) is 0 Å². The minimum atomic E-state index is -0.804. The third-order valence-corrected chi connectivity index (χ3v) is 3.45. The maximum absolute atomic E-state index is 9.84. The summed E-state index contributed by atoms with van der Waals surface area (Å²) in [5, 5.41) is 10.6. The highest BCUT2D eigenvalue weighted by atomic mass is 35.5. The third-order valence-electron chi connectivity index (χ3n) is 2.65. The molecule has 0 saturated carbocycles. The highest BCUT2D eigenvalue weighted by molar-refractivity contribution is 6.42. The van der Waals surface area contributed by atoms with Crippen LogP contribution < -0.4 is 15.2 Å². The molecular weight excluding hydrogens is 313 g/mol. The Balaban J connectivity index is 1.82. The van der Waals surface area contributed by atoms with Crippen LogP contribution in [0.15, 0.2) is 42.5 Å². The van der Waals surface area contributed by atoms with Crippen molar-refractivity contribution < 1.29 is 14.6 Å². The fraction of sp³-hybridized carbons (Fsp3) is 0.200. The Hall–Kier alpha value is -1.62. The Bertz CT molecular complexity index is 607. The third kappa shape index (κ3) is 4.70. The number of hydrogen-bond donors (Lipinski definition) is 2. The van der Waals surface area contributed by atoms with E-state index in [4.69, 9.17) is 38.4 Å². The van der Waals surface area contributed by atoms with Gasteiger partial charge in [-0.2, -0.15) is 0 Å². The van der Waals surface area contributed by atoms with Crippen LogP contribution in [0.2, 0.25) is 10.0 Å². The normalized spacial score (nSPS) is 12.0. The van der Waals surface area contributed by atoms with Crippen LogP contribution in [0.4, 0.5) is 5.69 Å². The average Bonchev–Trinajstić information content (AvgIpc) is 2.47. The highest BCUT2D eigenvalue weighted by Gasteiger charge is 2.10. The maximum atomic E-state index is 9.84. The Morgan fingerprint density at radius 2 is 1.76 bits per heavy atom. The first kappa shape index (κ1) is 15.8. The molecule has 112 valence electrons. The second-order valence-corrected chi connectivity index (χ2v) is 5.19. The zero-order chi connectivity index (χ0) is 15.2. The van der Waals surface area contributed by atoms with Gasteiger partial charge in [-0.1, -0.05) is 35.3 Å². The number of aliphatic hydroxyl groups is 1. The molecule has 0 saturated heterocycles. The van der Waals surface area contributed by atoms with Gasteiger partial charge in [0, 0.05) is 11.8 Å². The molecule has 21 heavy (non-hydrogen) atoms. The number of halogens is 2. The predicted octanol–water partition coefficient (Wildman–Crippen LogP) is 3.39. The number of nitrogens with two attached hydrogens (primary N) is 1. The van der Waals surface area contributed by atoms with Gasteiger partial charge in [-0.3, -0.25) is 0 Å². The Morgan fingerprint density at radius 3 is 2.52 bits per heavy atom. The lowest BCUT2D eigenvalue weighted by molar-refractivity contribution is 0.0627. The molecule has 1 unspecified atom stereocenters. The van der Waals surface area contributed by atoms with E-state index in [1.54, 1.807) is 42.5 Å². The molecule has 0 heterocycles. The molecule has 0 radical (unpaired) electrons. The lowest BCUT2D eigenvalue weighted by atomic mass is 10.3. The SMILES string of the molecule is Nc1cccc(OCC(O)COc2cccc(Cl)c2Cl)c1. The van der Waals surface area contributed by atoms with Crippen molar-refractivity contribution in [2.75, 3.05) is 18.9 Å². The molecule has 2 rings (SSSR count). The molecule has 0 aliphatic rings. The number of ether oxygens (including phenoxy) is 2. The molecule has 3 N–H and O–H groups in total. The number of hydrogen-bond acceptors (Lipinski definition) is 4. The molecule has 0 amide bonds. The van der Waals surface area contributed by atoms with E-state index in [0.717, 1.165) is 0 Å². The molecule has 1 atom stereocenters. The first-order chi connectivity index (χ1) is 10.1. The van der Waals surface area contributed by atoms with Crippen molar-refractivity contribution in [1.82, 2.24) is 0 Å². The van der Waals surface area contributed by atoms with Crippen molar-refractivity contribution in [2.45, 2.75) is 6.10 Å². The van der Waals surface area contributed by atoms with E-state index in [9.17, 15) is 5.11 Å². The summed E-state index contributed by atoms with van der Waals surface area (Å²) in [5.74, 6) is 1.02. The zero-order valence-corrected chi connectivity index (χ0v) is 12.6. The summed E-state index contributed by atoms with van der Waals surface area (Å²) in [6, 6.07) is 12.0.